The van der Waals surface area contributed by atoms with Crippen LogP contribution in [0.5, 0.6) is 0 Å². The second kappa shape index (κ2) is 6.86. The highest BCUT2D eigenvalue weighted by molar-refractivity contribution is 5.73. The normalized spacial score (nSPS) is 12.4. The van der Waals surface area contributed by atoms with Crippen LogP contribution in [0.1, 0.15) is 18.9 Å². The zero-order chi connectivity index (χ0) is 12.7. The second-order valence-corrected chi connectivity index (χ2v) is 3.97. The Bertz CT molecular complexity index is 362. The van der Waals surface area contributed by atoms with E-state index in [-0.39, 0.29) is 0 Å². The van der Waals surface area contributed by atoms with Crippen molar-refractivity contribution in [2.45, 2.75) is 25.9 Å². The monoisotopic (exact) mass is 233 g/mol. The van der Waals surface area contributed by atoms with Gasteiger partial charge in [-0.15, -0.1) is 6.58 Å². The SMILES string of the molecule is C=CCN(Cc1ccccc1)C(CC)C(=O)O. The summed E-state index contributed by atoms with van der Waals surface area (Å²) in [7, 11) is 0. The zero-order valence-electron chi connectivity index (χ0n) is 10.2. The molecule has 0 heterocycles. The standard InChI is InChI=1S/C14H19NO2/c1-3-10-15(13(4-2)14(16)17)11-12-8-6-5-7-9-12/h3,5-9,13H,1,4,10-11H2,2H3,(H,16,17). The van der Waals surface area contributed by atoms with Gasteiger partial charge in [0.25, 0.3) is 0 Å². The molecule has 1 atom stereocenters. The lowest BCUT2D eigenvalue weighted by Gasteiger charge is -2.26. The van der Waals surface area contributed by atoms with Crippen molar-refractivity contribution in [3.05, 3.63) is 48.6 Å². The number of carbonyl (C=O) groups is 1. The molecular weight excluding hydrogens is 214 g/mol. The Morgan fingerprint density at radius 1 is 1.47 bits per heavy atom. The van der Waals surface area contributed by atoms with Gasteiger partial charge in [0.05, 0.1) is 0 Å². The van der Waals surface area contributed by atoms with Crippen LogP contribution in [-0.4, -0.2) is 28.6 Å². The molecule has 0 amide bonds. The summed E-state index contributed by atoms with van der Waals surface area (Å²) in [6, 6.07) is 9.44. The highest BCUT2D eigenvalue weighted by Crippen LogP contribution is 2.11. The van der Waals surface area contributed by atoms with Gasteiger partial charge in [0.2, 0.25) is 0 Å². The van der Waals surface area contributed by atoms with Crippen molar-refractivity contribution in [1.29, 1.82) is 0 Å². The van der Waals surface area contributed by atoms with Crippen LogP contribution < -0.4 is 0 Å². The first-order valence-electron chi connectivity index (χ1n) is 5.80. The Labute approximate surface area is 102 Å². The minimum Gasteiger partial charge on any atom is -0.480 e. The van der Waals surface area contributed by atoms with Gasteiger partial charge >= 0.3 is 5.97 Å². The van der Waals surface area contributed by atoms with E-state index < -0.39 is 12.0 Å². The van der Waals surface area contributed by atoms with Crippen LogP contribution >= 0.6 is 0 Å². The Morgan fingerprint density at radius 3 is 2.59 bits per heavy atom. The number of nitrogens with zero attached hydrogens (tertiary/aromatic N) is 1. The first-order valence-corrected chi connectivity index (χ1v) is 5.80. The number of rotatable bonds is 7. The van der Waals surface area contributed by atoms with Gasteiger partial charge in [-0.25, -0.2) is 0 Å². The summed E-state index contributed by atoms with van der Waals surface area (Å²) in [6.07, 6.45) is 2.34. The molecule has 0 radical (unpaired) electrons. The molecule has 3 nitrogen and oxygen atoms in total. The number of carboxylic acids is 1. The van der Waals surface area contributed by atoms with Crippen LogP contribution in [0.25, 0.3) is 0 Å². The summed E-state index contributed by atoms with van der Waals surface area (Å²) in [5.74, 6) is -0.773. The summed E-state index contributed by atoms with van der Waals surface area (Å²) in [6.45, 7) is 6.79. The van der Waals surface area contributed by atoms with E-state index >= 15 is 0 Å². The average Bonchev–Trinajstić information content (AvgIpc) is 2.31. The van der Waals surface area contributed by atoms with E-state index in [4.69, 9.17) is 0 Å². The van der Waals surface area contributed by atoms with E-state index in [0.29, 0.717) is 19.5 Å². The molecule has 1 aromatic rings. The topological polar surface area (TPSA) is 40.5 Å². The summed E-state index contributed by atoms with van der Waals surface area (Å²) in [4.78, 5) is 13.1. The van der Waals surface area contributed by atoms with E-state index in [1.165, 1.54) is 0 Å². The van der Waals surface area contributed by atoms with Crippen LogP contribution in [0.3, 0.4) is 0 Å². The molecular formula is C14H19NO2. The molecule has 1 unspecified atom stereocenters. The predicted molar refractivity (Wildman–Crippen MR) is 68.8 cm³/mol. The summed E-state index contributed by atoms with van der Waals surface area (Å²) >= 11 is 0. The Hall–Kier alpha value is -1.61. The predicted octanol–water partition coefficient (Wildman–Crippen LogP) is 2.54. The Kier molecular flexibility index (Phi) is 5.43. The summed E-state index contributed by atoms with van der Waals surface area (Å²) in [5.41, 5.74) is 1.12. The van der Waals surface area contributed by atoms with E-state index in [2.05, 4.69) is 6.58 Å². The highest BCUT2D eigenvalue weighted by atomic mass is 16.4. The molecule has 0 aliphatic carbocycles. The highest BCUT2D eigenvalue weighted by Gasteiger charge is 2.22. The maximum Gasteiger partial charge on any atom is 0.320 e. The Morgan fingerprint density at radius 2 is 2.12 bits per heavy atom. The van der Waals surface area contributed by atoms with Crippen molar-refractivity contribution in [2.24, 2.45) is 0 Å². The molecule has 3 heteroatoms. The average molecular weight is 233 g/mol. The number of aliphatic carboxylic acids is 1. The lowest BCUT2D eigenvalue weighted by molar-refractivity contribution is -0.143. The van der Waals surface area contributed by atoms with Gasteiger partial charge in [-0.3, -0.25) is 9.69 Å². The lowest BCUT2D eigenvalue weighted by Crippen LogP contribution is -2.40. The molecule has 0 spiro atoms. The molecule has 1 rings (SSSR count). The van der Waals surface area contributed by atoms with Crippen LogP contribution in [-0.2, 0) is 11.3 Å². The van der Waals surface area contributed by atoms with Gasteiger partial charge in [0.15, 0.2) is 0 Å². The van der Waals surface area contributed by atoms with Crippen molar-refractivity contribution < 1.29 is 9.90 Å². The number of benzene rings is 1. The van der Waals surface area contributed by atoms with Crippen LogP contribution in [0.4, 0.5) is 0 Å². The molecule has 1 N–H and O–H groups in total. The smallest absolute Gasteiger partial charge is 0.320 e. The molecule has 0 saturated carbocycles. The number of carboxylic acid groups (broad SMARTS) is 1. The molecule has 0 fully saturated rings. The van der Waals surface area contributed by atoms with E-state index in [1.807, 2.05) is 42.2 Å². The number of hydrogen-bond donors (Lipinski definition) is 1. The largest absolute Gasteiger partial charge is 0.480 e. The minimum atomic E-state index is -0.773. The van der Waals surface area contributed by atoms with Gasteiger partial charge < -0.3 is 5.11 Å². The lowest BCUT2D eigenvalue weighted by atomic mass is 10.1. The fourth-order valence-corrected chi connectivity index (χ4v) is 1.87. The first-order chi connectivity index (χ1) is 8.19. The van der Waals surface area contributed by atoms with Crippen molar-refractivity contribution in [2.75, 3.05) is 6.54 Å². The van der Waals surface area contributed by atoms with E-state index in [9.17, 15) is 9.90 Å². The van der Waals surface area contributed by atoms with Crippen molar-refractivity contribution in [3.8, 4) is 0 Å². The van der Waals surface area contributed by atoms with E-state index in [0.717, 1.165) is 5.56 Å². The van der Waals surface area contributed by atoms with Gasteiger partial charge in [0.1, 0.15) is 6.04 Å². The molecule has 17 heavy (non-hydrogen) atoms. The van der Waals surface area contributed by atoms with Crippen LogP contribution in [0, 0.1) is 0 Å². The summed E-state index contributed by atoms with van der Waals surface area (Å²) < 4.78 is 0. The molecule has 0 aliphatic rings. The molecule has 92 valence electrons. The van der Waals surface area contributed by atoms with Crippen LogP contribution in [0.15, 0.2) is 43.0 Å². The van der Waals surface area contributed by atoms with Gasteiger partial charge in [-0.1, -0.05) is 43.3 Å². The number of hydrogen-bond acceptors (Lipinski definition) is 2. The van der Waals surface area contributed by atoms with Gasteiger partial charge in [-0.2, -0.15) is 0 Å². The second-order valence-electron chi connectivity index (χ2n) is 3.97. The zero-order valence-corrected chi connectivity index (χ0v) is 10.2. The van der Waals surface area contributed by atoms with E-state index in [1.54, 1.807) is 6.08 Å². The summed E-state index contributed by atoms with van der Waals surface area (Å²) in [5, 5.41) is 9.17. The van der Waals surface area contributed by atoms with Crippen molar-refractivity contribution in [1.82, 2.24) is 4.90 Å². The molecule has 0 aromatic heterocycles. The molecule has 0 aliphatic heterocycles. The first kappa shape index (κ1) is 13.5. The Balaban J connectivity index is 2.78. The fraction of sp³-hybridized carbons (Fsp3) is 0.357. The van der Waals surface area contributed by atoms with Gasteiger partial charge in [-0.05, 0) is 12.0 Å². The quantitative estimate of drug-likeness (QED) is 0.736. The molecule has 0 bridgehead atoms. The fourth-order valence-electron chi connectivity index (χ4n) is 1.87. The molecule has 1 aromatic carbocycles. The van der Waals surface area contributed by atoms with Crippen molar-refractivity contribution >= 4 is 5.97 Å². The third-order valence-corrected chi connectivity index (χ3v) is 2.70. The third kappa shape index (κ3) is 4.04. The molecule has 0 saturated heterocycles. The van der Waals surface area contributed by atoms with Crippen LogP contribution in [0.2, 0.25) is 0 Å². The maximum absolute atomic E-state index is 11.2. The third-order valence-electron chi connectivity index (χ3n) is 2.70. The minimum absolute atomic E-state index is 0.451. The van der Waals surface area contributed by atoms with Crippen molar-refractivity contribution in [3.63, 3.8) is 0 Å². The van der Waals surface area contributed by atoms with Gasteiger partial charge in [0, 0.05) is 13.1 Å². The maximum atomic E-state index is 11.2.